The molecule has 0 radical (unpaired) electrons. The number of nitrogens with one attached hydrogen (secondary N) is 1. The van der Waals surface area contributed by atoms with Crippen molar-refractivity contribution in [2.45, 2.75) is 13.0 Å². The first-order valence-corrected chi connectivity index (χ1v) is 6.51. The molecule has 0 saturated heterocycles. The maximum atomic E-state index is 13.0. The molecule has 1 heterocycles. The van der Waals surface area contributed by atoms with Crippen molar-refractivity contribution in [2.24, 2.45) is 0 Å². The first kappa shape index (κ1) is 12.9. The summed E-state index contributed by atoms with van der Waals surface area (Å²) >= 11 is 7.35. The van der Waals surface area contributed by atoms with Crippen molar-refractivity contribution in [3.63, 3.8) is 0 Å². The number of nitriles is 1. The number of benzene rings is 1. The van der Waals surface area contributed by atoms with E-state index >= 15 is 0 Å². The van der Waals surface area contributed by atoms with Crippen LogP contribution in [0.3, 0.4) is 0 Å². The molecule has 2 rings (SSSR count). The Morgan fingerprint density at radius 1 is 1.39 bits per heavy atom. The van der Waals surface area contributed by atoms with Gasteiger partial charge in [0, 0.05) is 4.88 Å². The molecule has 1 atom stereocenters. The van der Waals surface area contributed by atoms with Crippen molar-refractivity contribution in [2.75, 3.05) is 5.32 Å². The minimum atomic E-state index is -0.413. The molecule has 5 heteroatoms. The SMILES string of the molecule is CC(Nc1ccc(F)cc1C#N)c1ccc(Cl)s1. The molecule has 1 aromatic carbocycles. The van der Waals surface area contributed by atoms with Gasteiger partial charge in [-0.15, -0.1) is 11.3 Å². The van der Waals surface area contributed by atoms with Crippen LogP contribution in [0.15, 0.2) is 30.3 Å². The van der Waals surface area contributed by atoms with Crippen LogP contribution < -0.4 is 5.32 Å². The molecule has 92 valence electrons. The molecule has 1 unspecified atom stereocenters. The molecule has 0 spiro atoms. The Labute approximate surface area is 114 Å². The van der Waals surface area contributed by atoms with Gasteiger partial charge < -0.3 is 5.32 Å². The van der Waals surface area contributed by atoms with Gasteiger partial charge in [-0.3, -0.25) is 0 Å². The third-order valence-electron chi connectivity index (χ3n) is 2.49. The highest BCUT2D eigenvalue weighted by Gasteiger charge is 2.11. The predicted molar refractivity (Wildman–Crippen MR) is 72.5 cm³/mol. The summed E-state index contributed by atoms with van der Waals surface area (Å²) in [6.45, 7) is 1.96. The molecule has 2 nitrogen and oxygen atoms in total. The topological polar surface area (TPSA) is 35.8 Å². The molecule has 0 aliphatic heterocycles. The second-order valence-electron chi connectivity index (χ2n) is 3.81. The summed E-state index contributed by atoms with van der Waals surface area (Å²) in [4.78, 5) is 1.06. The molecular weight excluding hydrogens is 271 g/mol. The zero-order chi connectivity index (χ0) is 13.1. The second kappa shape index (κ2) is 5.38. The number of halogens is 2. The number of rotatable bonds is 3. The van der Waals surface area contributed by atoms with E-state index in [2.05, 4.69) is 5.32 Å². The minimum Gasteiger partial charge on any atom is -0.377 e. The lowest BCUT2D eigenvalue weighted by atomic mass is 10.1. The Morgan fingerprint density at radius 3 is 2.78 bits per heavy atom. The fraction of sp³-hybridized carbons (Fsp3) is 0.154. The van der Waals surface area contributed by atoms with Crippen LogP contribution in [0.25, 0.3) is 0 Å². The molecule has 0 fully saturated rings. The van der Waals surface area contributed by atoms with Crippen LogP contribution in [0, 0.1) is 17.1 Å². The van der Waals surface area contributed by atoms with Gasteiger partial charge in [0.15, 0.2) is 0 Å². The number of thiophene rings is 1. The smallest absolute Gasteiger partial charge is 0.124 e. The summed E-state index contributed by atoms with van der Waals surface area (Å²) in [6.07, 6.45) is 0. The third-order valence-corrected chi connectivity index (χ3v) is 3.91. The largest absolute Gasteiger partial charge is 0.377 e. The summed E-state index contributed by atoms with van der Waals surface area (Å²) in [6, 6.07) is 9.87. The second-order valence-corrected chi connectivity index (χ2v) is 5.56. The van der Waals surface area contributed by atoms with Crippen molar-refractivity contribution in [1.82, 2.24) is 0 Å². The minimum absolute atomic E-state index is 0.0139. The molecule has 1 aromatic heterocycles. The average Bonchev–Trinajstić information content (AvgIpc) is 2.78. The molecule has 2 aromatic rings. The Morgan fingerprint density at radius 2 is 2.17 bits per heavy atom. The lowest BCUT2D eigenvalue weighted by Crippen LogP contribution is -2.06. The number of anilines is 1. The highest BCUT2D eigenvalue weighted by molar-refractivity contribution is 7.16. The summed E-state index contributed by atoms with van der Waals surface area (Å²) in [5, 5.41) is 12.1. The molecule has 0 bridgehead atoms. The Hall–Kier alpha value is -1.57. The third kappa shape index (κ3) is 2.81. The summed E-state index contributed by atoms with van der Waals surface area (Å²) in [7, 11) is 0. The monoisotopic (exact) mass is 280 g/mol. The standard InChI is InChI=1S/C13H10ClFN2S/c1-8(12-4-5-13(14)18-12)17-11-3-2-10(15)6-9(11)7-16/h2-6,8,17H,1H3. The van der Waals surface area contributed by atoms with E-state index in [0.717, 1.165) is 9.21 Å². The molecule has 0 amide bonds. The lowest BCUT2D eigenvalue weighted by molar-refractivity contribution is 0.627. The average molecular weight is 281 g/mol. The van der Waals surface area contributed by atoms with Crippen molar-refractivity contribution in [3.05, 3.63) is 50.9 Å². The molecule has 0 aliphatic carbocycles. The van der Waals surface area contributed by atoms with Crippen molar-refractivity contribution in [1.29, 1.82) is 5.26 Å². The van der Waals surface area contributed by atoms with E-state index < -0.39 is 5.82 Å². The highest BCUT2D eigenvalue weighted by Crippen LogP contribution is 2.29. The zero-order valence-corrected chi connectivity index (χ0v) is 11.1. The summed E-state index contributed by atoms with van der Waals surface area (Å²) in [5.74, 6) is -0.413. The van der Waals surface area contributed by atoms with Gasteiger partial charge in [-0.1, -0.05) is 11.6 Å². The van der Waals surface area contributed by atoms with Crippen molar-refractivity contribution >= 4 is 28.6 Å². The Kier molecular flexibility index (Phi) is 3.85. The molecule has 0 saturated carbocycles. The van der Waals surface area contributed by atoms with Gasteiger partial charge in [0.25, 0.3) is 0 Å². The van der Waals surface area contributed by atoms with Crippen LogP contribution in [-0.2, 0) is 0 Å². The Bertz CT molecular complexity index is 603. The maximum absolute atomic E-state index is 13.0. The summed E-state index contributed by atoms with van der Waals surface area (Å²) in [5.41, 5.74) is 0.917. The fourth-order valence-corrected chi connectivity index (χ4v) is 2.66. The summed E-state index contributed by atoms with van der Waals surface area (Å²) < 4.78 is 13.7. The molecule has 0 aliphatic rings. The van der Waals surface area contributed by atoms with E-state index in [4.69, 9.17) is 16.9 Å². The predicted octanol–water partition coefficient (Wildman–Crippen LogP) is 4.59. The normalized spacial score (nSPS) is 11.9. The van der Waals surface area contributed by atoms with E-state index in [0.29, 0.717) is 11.3 Å². The van der Waals surface area contributed by atoms with Crippen molar-refractivity contribution in [3.8, 4) is 6.07 Å². The van der Waals surface area contributed by atoms with Gasteiger partial charge in [-0.2, -0.15) is 5.26 Å². The van der Waals surface area contributed by atoms with Gasteiger partial charge >= 0.3 is 0 Å². The van der Waals surface area contributed by atoms with Crippen molar-refractivity contribution < 1.29 is 4.39 Å². The number of nitrogens with zero attached hydrogens (tertiary/aromatic N) is 1. The quantitative estimate of drug-likeness (QED) is 0.893. The molecule has 1 N–H and O–H groups in total. The number of hydrogen-bond donors (Lipinski definition) is 1. The maximum Gasteiger partial charge on any atom is 0.124 e. The first-order valence-electron chi connectivity index (χ1n) is 5.31. The highest BCUT2D eigenvalue weighted by atomic mass is 35.5. The lowest BCUT2D eigenvalue weighted by Gasteiger charge is -2.14. The van der Waals surface area contributed by atoms with E-state index in [-0.39, 0.29) is 6.04 Å². The van der Waals surface area contributed by atoms with Gasteiger partial charge in [-0.05, 0) is 37.3 Å². The van der Waals surface area contributed by atoms with Crippen LogP contribution in [0.5, 0.6) is 0 Å². The zero-order valence-electron chi connectivity index (χ0n) is 9.58. The number of hydrogen-bond acceptors (Lipinski definition) is 3. The molecular formula is C13H10ClFN2S. The fourth-order valence-electron chi connectivity index (χ4n) is 1.60. The van der Waals surface area contributed by atoms with Gasteiger partial charge in [0.05, 0.1) is 21.6 Å². The van der Waals surface area contributed by atoms with E-state index in [1.165, 1.54) is 23.5 Å². The van der Waals surface area contributed by atoms with Gasteiger partial charge in [0.2, 0.25) is 0 Å². The van der Waals surface area contributed by atoms with Crippen LogP contribution in [0.1, 0.15) is 23.4 Å². The van der Waals surface area contributed by atoms with Crippen LogP contribution >= 0.6 is 22.9 Å². The Balaban J connectivity index is 2.22. The first-order chi connectivity index (χ1) is 8.60. The van der Waals surface area contributed by atoms with E-state index in [1.54, 1.807) is 6.07 Å². The molecule has 18 heavy (non-hydrogen) atoms. The van der Waals surface area contributed by atoms with E-state index in [9.17, 15) is 4.39 Å². The van der Waals surface area contributed by atoms with Crippen LogP contribution in [-0.4, -0.2) is 0 Å². The van der Waals surface area contributed by atoms with Gasteiger partial charge in [0.1, 0.15) is 11.9 Å². The van der Waals surface area contributed by atoms with E-state index in [1.807, 2.05) is 25.1 Å². The van der Waals surface area contributed by atoms with Gasteiger partial charge in [-0.25, -0.2) is 4.39 Å². The van der Waals surface area contributed by atoms with Crippen LogP contribution in [0.2, 0.25) is 4.34 Å². The van der Waals surface area contributed by atoms with Crippen LogP contribution in [0.4, 0.5) is 10.1 Å².